The zero-order valence-corrected chi connectivity index (χ0v) is 7.91. The van der Waals surface area contributed by atoms with E-state index in [1.807, 2.05) is 0 Å². The summed E-state index contributed by atoms with van der Waals surface area (Å²) in [5.41, 5.74) is 5.39. The maximum absolute atomic E-state index is 11.4. The first kappa shape index (κ1) is 10.5. The number of amides is 1. The molecule has 0 fully saturated rings. The Bertz CT molecular complexity index is 372. The molecular weight excluding hydrogens is 182 g/mol. The molecule has 0 aliphatic carbocycles. The predicted molar refractivity (Wildman–Crippen MR) is 53.0 cm³/mol. The molecule has 0 aromatic carbocycles. The molecule has 0 saturated carbocycles. The Hall–Kier alpha value is -1.62. The van der Waals surface area contributed by atoms with E-state index in [9.17, 15) is 9.59 Å². The second-order valence-corrected chi connectivity index (χ2v) is 3.05. The molecule has 1 aromatic heterocycles. The fourth-order valence-electron chi connectivity index (χ4n) is 0.952. The van der Waals surface area contributed by atoms with Crippen molar-refractivity contribution >= 4 is 5.91 Å². The quantitative estimate of drug-likeness (QED) is 0.604. The van der Waals surface area contributed by atoms with Gasteiger partial charge in [-0.05, 0) is 13.0 Å². The molecule has 0 aliphatic rings. The molecule has 0 unspecified atom stereocenters. The highest BCUT2D eigenvalue weighted by Crippen LogP contribution is 1.93. The van der Waals surface area contributed by atoms with Gasteiger partial charge in [0, 0.05) is 30.4 Å². The van der Waals surface area contributed by atoms with Crippen LogP contribution in [0.5, 0.6) is 0 Å². The van der Waals surface area contributed by atoms with E-state index in [2.05, 4.69) is 10.3 Å². The van der Waals surface area contributed by atoms with Crippen LogP contribution in [0.1, 0.15) is 17.3 Å². The third kappa shape index (κ3) is 2.70. The zero-order chi connectivity index (χ0) is 10.6. The Morgan fingerprint density at radius 2 is 2.43 bits per heavy atom. The van der Waals surface area contributed by atoms with Gasteiger partial charge in [-0.2, -0.15) is 0 Å². The van der Waals surface area contributed by atoms with E-state index < -0.39 is 0 Å². The van der Waals surface area contributed by atoms with Gasteiger partial charge in [-0.3, -0.25) is 9.59 Å². The summed E-state index contributed by atoms with van der Waals surface area (Å²) < 4.78 is 0. The average Bonchev–Trinajstić information content (AvgIpc) is 2.17. The molecule has 1 aromatic rings. The monoisotopic (exact) mass is 195 g/mol. The average molecular weight is 195 g/mol. The smallest absolute Gasteiger partial charge is 0.251 e. The van der Waals surface area contributed by atoms with Crippen molar-refractivity contribution in [2.75, 3.05) is 6.54 Å². The molecule has 76 valence electrons. The van der Waals surface area contributed by atoms with E-state index in [-0.39, 0.29) is 17.5 Å². The number of hydrogen-bond donors (Lipinski definition) is 3. The molecule has 1 atom stereocenters. The van der Waals surface area contributed by atoms with Crippen molar-refractivity contribution < 1.29 is 4.79 Å². The maximum Gasteiger partial charge on any atom is 0.251 e. The number of rotatable bonds is 3. The Morgan fingerprint density at radius 3 is 3.00 bits per heavy atom. The third-order valence-electron chi connectivity index (χ3n) is 1.77. The van der Waals surface area contributed by atoms with Crippen LogP contribution in [0.4, 0.5) is 0 Å². The molecule has 0 radical (unpaired) electrons. The highest BCUT2D eigenvalue weighted by Gasteiger charge is 2.08. The van der Waals surface area contributed by atoms with Crippen LogP contribution in [0.25, 0.3) is 0 Å². The normalized spacial score (nSPS) is 12.1. The van der Waals surface area contributed by atoms with E-state index in [0.717, 1.165) is 0 Å². The number of aromatic amines is 1. The molecule has 0 spiro atoms. The van der Waals surface area contributed by atoms with Crippen LogP contribution in [0, 0.1) is 0 Å². The van der Waals surface area contributed by atoms with Crippen molar-refractivity contribution in [2.45, 2.75) is 13.0 Å². The Labute approximate surface area is 81.3 Å². The number of aromatic nitrogens is 1. The number of nitrogens with two attached hydrogens (primary N) is 1. The number of carbonyl (C=O) groups excluding carboxylic acids is 1. The number of hydrogen-bond acceptors (Lipinski definition) is 3. The second kappa shape index (κ2) is 4.57. The van der Waals surface area contributed by atoms with Gasteiger partial charge in [-0.1, -0.05) is 0 Å². The molecule has 4 N–H and O–H groups in total. The predicted octanol–water partition coefficient (Wildman–Crippen LogP) is -0.548. The Kier molecular flexibility index (Phi) is 3.41. The fourth-order valence-corrected chi connectivity index (χ4v) is 0.952. The molecule has 0 bridgehead atoms. The summed E-state index contributed by atoms with van der Waals surface area (Å²) in [6, 6.07) is 2.69. The van der Waals surface area contributed by atoms with Crippen LogP contribution in [-0.4, -0.2) is 23.5 Å². The fraction of sp³-hybridized carbons (Fsp3) is 0.333. The highest BCUT2D eigenvalue weighted by atomic mass is 16.2. The Balaban J connectivity index is 2.75. The topological polar surface area (TPSA) is 88.0 Å². The van der Waals surface area contributed by atoms with Crippen molar-refractivity contribution in [1.82, 2.24) is 10.3 Å². The summed E-state index contributed by atoms with van der Waals surface area (Å²) >= 11 is 0. The largest absolute Gasteiger partial charge is 0.348 e. The second-order valence-electron chi connectivity index (χ2n) is 3.05. The molecule has 14 heavy (non-hydrogen) atoms. The number of carbonyl (C=O) groups is 1. The number of pyridine rings is 1. The maximum atomic E-state index is 11.4. The molecule has 5 heteroatoms. The van der Waals surface area contributed by atoms with Crippen LogP contribution < -0.4 is 16.6 Å². The SMILES string of the molecule is C[C@H](CN)NC(=O)c1cc[nH]c(=O)c1. The van der Waals surface area contributed by atoms with E-state index in [0.29, 0.717) is 12.1 Å². The van der Waals surface area contributed by atoms with Gasteiger partial charge < -0.3 is 16.0 Å². The lowest BCUT2D eigenvalue weighted by molar-refractivity contribution is 0.0941. The van der Waals surface area contributed by atoms with Crippen LogP contribution >= 0.6 is 0 Å². The lowest BCUT2D eigenvalue weighted by Gasteiger charge is -2.10. The molecule has 1 amide bonds. The van der Waals surface area contributed by atoms with Gasteiger partial charge in [-0.25, -0.2) is 0 Å². The molecule has 1 rings (SSSR count). The lowest BCUT2D eigenvalue weighted by atomic mass is 10.2. The first-order chi connectivity index (χ1) is 6.63. The highest BCUT2D eigenvalue weighted by molar-refractivity contribution is 5.94. The lowest BCUT2D eigenvalue weighted by Crippen LogP contribution is -2.38. The third-order valence-corrected chi connectivity index (χ3v) is 1.77. The van der Waals surface area contributed by atoms with Gasteiger partial charge in [0.15, 0.2) is 0 Å². The van der Waals surface area contributed by atoms with Crippen molar-refractivity contribution in [1.29, 1.82) is 0 Å². The van der Waals surface area contributed by atoms with E-state index in [1.54, 1.807) is 13.0 Å². The molecule has 0 saturated heterocycles. The van der Waals surface area contributed by atoms with E-state index in [1.165, 1.54) is 12.3 Å². The summed E-state index contributed by atoms with van der Waals surface area (Å²) in [7, 11) is 0. The Morgan fingerprint density at radius 1 is 1.71 bits per heavy atom. The van der Waals surface area contributed by atoms with Gasteiger partial charge in [-0.15, -0.1) is 0 Å². The molecule has 1 heterocycles. The van der Waals surface area contributed by atoms with Crippen LogP contribution in [-0.2, 0) is 0 Å². The van der Waals surface area contributed by atoms with Crippen molar-refractivity contribution in [3.8, 4) is 0 Å². The van der Waals surface area contributed by atoms with Gasteiger partial charge in [0.05, 0.1) is 0 Å². The summed E-state index contributed by atoms with van der Waals surface area (Å²) in [6.45, 7) is 2.17. The summed E-state index contributed by atoms with van der Waals surface area (Å²) in [6.07, 6.45) is 1.43. The molecule has 5 nitrogen and oxygen atoms in total. The van der Waals surface area contributed by atoms with E-state index in [4.69, 9.17) is 5.73 Å². The van der Waals surface area contributed by atoms with Gasteiger partial charge in [0.1, 0.15) is 0 Å². The van der Waals surface area contributed by atoms with Crippen molar-refractivity contribution in [3.63, 3.8) is 0 Å². The van der Waals surface area contributed by atoms with E-state index >= 15 is 0 Å². The standard InChI is InChI=1S/C9H13N3O2/c1-6(5-10)12-9(14)7-2-3-11-8(13)4-7/h2-4,6H,5,10H2,1H3,(H,11,13)(H,12,14)/t6-/m1/s1. The summed E-state index contributed by atoms with van der Waals surface area (Å²) in [5, 5.41) is 2.66. The molecular formula is C9H13N3O2. The van der Waals surface area contributed by atoms with Crippen LogP contribution in [0.3, 0.4) is 0 Å². The number of H-pyrrole nitrogens is 1. The van der Waals surface area contributed by atoms with Crippen molar-refractivity contribution in [2.24, 2.45) is 5.73 Å². The van der Waals surface area contributed by atoms with Gasteiger partial charge in [0.2, 0.25) is 5.56 Å². The van der Waals surface area contributed by atoms with Crippen LogP contribution in [0.2, 0.25) is 0 Å². The molecule has 0 aliphatic heterocycles. The first-order valence-electron chi connectivity index (χ1n) is 4.33. The zero-order valence-electron chi connectivity index (χ0n) is 7.91. The summed E-state index contributed by atoms with van der Waals surface area (Å²) in [5.74, 6) is -0.283. The van der Waals surface area contributed by atoms with Crippen LogP contribution in [0.15, 0.2) is 23.1 Å². The summed E-state index contributed by atoms with van der Waals surface area (Å²) in [4.78, 5) is 24.8. The van der Waals surface area contributed by atoms with Gasteiger partial charge in [0.25, 0.3) is 5.91 Å². The van der Waals surface area contributed by atoms with Crippen molar-refractivity contribution in [3.05, 3.63) is 34.2 Å². The number of nitrogens with one attached hydrogen (secondary N) is 2. The van der Waals surface area contributed by atoms with Gasteiger partial charge >= 0.3 is 0 Å². The minimum atomic E-state index is -0.293. The first-order valence-corrected chi connectivity index (χ1v) is 4.33. The minimum absolute atomic E-state index is 0.0956. The minimum Gasteiger partial charge on any atom is -0.348 e.